The van der Waals surface area contributed by atoms with Crippen molar-refractivity contribution in [2.75, 3.05) is 0 Å². The Labute approximate surface area is 202 Å². The van der Waals surface area contributed by atoms with Crippen LogP contribution in [0.15, 0.2) is 84.9 Å². The van der Waals surface area contributed by atoms with Gasteiger partial charge < -0.3 is 20.5 Å². The minimum absolute atomic E-state index is 0.0398. The maximum absolute atomic E-state index is 13.1. The lowest BCUT2D eigenvalue weighted by Gasteiger charge is -2.21. The number of carbonyl (C=O) groups is 3. The van der Waals surface area contributed by atoms with Crippen molar-refractivity contribution in [1.29, 1.82) is 0 Å². The molecular formula is C26H25ClN2O5. The number of amides is 2. The Hall–Kier alpha value is -3.84. The number of ether oxygens (including phenoxy) is 1. The van der Waals surface area contributed by atoms with E-state index in [2.05, 4.69) is 10.6 Å². The van der Waals surface area contributed by atoms with Crippen LogP contribution in [-0.2, 0) is 33.8 Å². The lowest BCUT2D eigenvalue weighted by Crippen LogP contribution is -2.53. The highest BCUT2D eigenvalue weighted by Gasteiger charge is 2.27. The lowest BCUT2D eigenvalue weighted by molar-refractivity contribution is -0.142. The van der Waals surface area contributed by atoms with Gasteiger partial charge in [0.05, 0.1) is 0 Å². The third-order valence-electron chi connectivity index (χ3n) is 5.05. The molecule has 0 unspecified atom stereocenters. The van der Waals surface area contributed by atoms with Gasteiger partial charge in [-0.25, -0.2) is 9.59 Å². The fourth-order valence-electron chi connectivity index (χ4n) is 3.34. The van der Waals surface area contributed by atoms with Gasteiger partial charge in [0.2, 0.25) is 5.91 Å². The Balaban J connectivity index is 1.69. The second-order valence-electron chi connectivity index (χ2n) is 7.68. The Morgan fingerprint density at radius 1 is 0.765 bits per heavy atom. The standard InChI is InChI=1S/C26H25ClN2O5/c27-21-13-7-12-20(14-21)16-23(25(31)32)28-24(30)22(15-18-8-3-1-4-9-18)29-26(33)34-17-19-10-5-2-6-11-19/h1-14,22-23H,15-17H2,(H,28,30)(H,29,33)(H,31,32)/t22-,23+/m0/s1. The molecule has 0 saturated carbocycles. The van der Waals surface area contributed by atoms with E-state index in [0.29, 0.717) is 10.6 Å². The number of carbonyl (C=O) groups excluding carboxylic acids is 2. The molecule has 0 fully saturated rings. The first-order chi connectivity index (χ1) is 16.4. The number of alkyl carbamates (subject to hydrolysis) is 1. The second-order valence-corrected chi connectivity index (χ2v) is 8.12. The van der Waals surface area contributed by atoms with Gasteiger partial charge in [-0.1, -0.05) is 84.4 Å². The van der Waals surface area contributed by atoms with Crippen LogP contribution in [0, 0.1) is 0 Å². The summed E-state index contributed by atoms with van der Waals surface area (Å²) < 4.78 is 5.25. The minimum Gasteiger partial charge on any atom is -0.480 e. The molecule has 0 aliphatic heterocycles. The number of nitrogens with one attached hydrogen (secondary N) is 2. The van der Waals surface area contributed by atoms with Crippen LogP contribution in [0.4, 0.5) is 4.79 Å². The van der Waals surface area contributed by atoms with Crippen molar-refractivity contribution in [2.45, 2.75) is 31.5 Å². The molecule has 3 rings (SSSR count). The fraction of sp³-hybridized carbons (Fsp3) is 0.192. The minimum atomic E-state index is -1.20. The molecule has 0 heterocycles. The van der Waals surface area contributed by atoms with Crippen LogP contribution in [0.3, 0.4) is 0 Å². The number of carboxylic acid groups (broad SMARTS) is 1. The maximum atomic E-state index is 13.1. The largest absolute Gasteiger partial charge is 0.480 e. The van der Waals surface area contributed by atoms with Gasteiger partial charge in [-0.2, -0.15) is 0 Å². The van der Waals surface area contributed by atoms with Crippen molar-refractivity contribution in [2.24, 2.45) is 0 Å². The molecule has 3 aromatic carbocycles. The zero-order chi connectivity index (χ0) is 24.3. The Morgan fingerprint density at radius 3 is 1.97 bits per heavy atom. The molecule has 7 nitrogen and oxygen atoms in total. The molecule has 8 heteroatoms. The van der Waals surface area contributed by atoms with Gasteiger partial charge >= 0.3 is 12.1 Å². The van der Waals surface area contributed by atoms with Gasteiger partial charge in [0.25, 0.3) is 0 Å². The van der Waals surface area contributed by atoms with E-state index in [4.69, 9.17) is 16.3 Å². The second kappa shape index (κ2) is 12.4. The molecule has 3 aromatic rings. The van der Waals surface area contributed by atoms with E-state index in [0.717, 1.165) is 11.1 Å². The highest BCUT2D eigenvalue weighted by Crippen LogP contribution is 2.13. The molecular weight excluding hydrogens is 456 g/mol. The average Bonchev–Trinajstić information content (AvgIpc) is 2.83. The molecule has 2 atom stereocenters. The lowest BCUT2D eigenvalue weighted by atomic mass is 10.0. The quantitative estimate of drug-likeness (QED) is 0.407. The van der Waals surface area contributed by atoms with E-state index in [9.17, 15) is 19.5 Å². The van der Waals surface area contributed by atoms with Crippen molar-refractivity contribution in [3.8, 4) is 0 Å². The highest BCUT2D eigenvalue weighted by atomic mass is 35.5. The third-order valence-corrected chi connectivity index (χ3v) is 5.28. The topological polar surface area (TPSA) is 105 Å². The number of aliphatic carboxylic acids is 1. The first kappa shape index (κ1) is 24.8. The zero-order valence-corrected chi connectivity index (χ0v) is 19.1. The number of halogens is 1. The van der Waals surface area contributed by atoms with Crippen LogP contribution in [0.25, 0.3) is 0 Å². The van der Waals surface area contributed by atoms with Gasteiger partial charge in [0.15, 0.2) is 0 Å². The van der Waals surface area contributed by atoms with Gasteiger partial charge in [-0.3, -0.25) is 4.79 Å². The van der Waals surface area contributed by atoms with E-state index in [1.807, 2.05) is 60.7 Å². The Bertz CT molecular complexity index is 1110. The Kier molecular flexibility index (Phi) is 9.05. The van der Waals surface area contributed by atoms with Crippen molar-refractivity contribution in [1.82, 2.24) is 10.6 Å². The van der Waals surface area contributed by atoms with Crippen LogP contribution in [0.2, 0.25) is 5.02 Å². The summed E-state index contributed by atoms with van der Waals surface area (Å²) in [6.45, 7) is 0.0405. The smallest absolute Gasteiger partial charge is 0.408 e. The van der Waals surface area contributed by atoms with Crippen molar-refractivity contribution < 1.29 is 24.2 Å². The van der Waals surface area contributed by atoms with Crippen molar-refractivity contribution >= 4 is 29.6 Å². The number of hydrogen-bond acceptors (Lipinski definition) is 4. The van der Waals surface area contributed by atoms with E-state index in [1.54, 1.807) is 24.3 Å². The molecule has 2 amide bonds. The molecule has 0 aliphatic carbocycles. The summed E-state index contributed by atoms with van der Waals surface area (Å²) in [4.78, 5) is 37.3. The normalized spacial score (nSPS) is 12.3. The number of benzene rings is 3. The van der Waals surface area contributed by atoms with Crippen LogP contribution in [0.1, 0.15) is 16.7 Å². The van der Waals surface area contributed by atoms with Crippen LogP contribution in [-0.4, -0.2) is 35.2 Å². The van der Waals surface area contributed by atoms with Gasteiger partial charge in [0.1, 0.15) is 18.7 Å². The first-order valence-corrected chi connectivity index (χ1v) is 11.1. The highest BCUT2D eigenvalue weighted by molar-refractivity contribution is 6.30. The number of rotatable bonds is 10. The fourth-order valence-corrected chi connectivity index (χ4v) is 3.55. The van der Waals surface area contributed by atoms with Crippen molar-refractivity contribution in [3.63, 3.8) is 0 Å². The Morgan fingerprint density at radius 2 is 1.35 bits per heavy atom. The van der Waals surface area contributed by atoms with Gasteiger partial charge in [-0.05, 0) is 28.8 Å². The summed E-state index contributed by atoms with van der Waals surface area (Å²) in [5, 5.41) is 15.2. The first-order valence-electron chi connectivity index (χ1n) is 10.7. The molecule has 34 heavy (non-hydrogen) atoms. The van der Waals surface area contributed by atoms with Gasteiger partial charge in [-0.15, -0.1) is 0 Å². The summed E-state index contributed by atoms with van der Waals surface area (Å²) in [5.41, 5.74) is 2.26. The van der Waals surface area contributed by atoms with E-state index < -0.39 is 30.1 Å². The number of carboxylic acids is 1. The molecule has 0 spiro atoms. The summed E-state index contributed by atoms with van der Waals surface area (Å²) in [6, 6.07) is 22.8. The zero-order valence-electron chi connectivity index (χ0n) is 18.3. The molecule has 0 saturated heterocycles. The SMILES string of the molecule is O=C(N[C@@H](Cc1ccccc1)C(=O)N[C@H](Cc1cccc(Cl)c1)C(=O)O)OCc1ccccc1. The summed E-state index contributed by atoms with van der Waals surface area (Å²) >= 11 is 5.99. The number of hydrogen-bond donors (Lipinski definition) is 3. The molecule has 0 aromatic heterocycles. The van der Waals surface area contributed by atoms with Crippen LogP contribution in [0.5, 0.6) is 0 Å². The summed E-state index contributed by atoms with van der Waals surface area (Å²) in [7, 11) is 0. The summed E-state index contributed by atoms with van der Waals surface area (Å²) in [5.74, 6) is -1.83. The molecule has 0 radical (unpaired) electrons. The van der Waals surface area contributed by atoms with Crippen LogP contribution < -0.4 is 10.6 Å². The predicted octanol–water partition coefficient (Wildman–Crippen LogP) is 3.99. The molecule has 0 bridgehead atoms. The average molecular weight is 481 g/mol. The van der Waals surface area contributed by atoms with E-state index in [-0.39, 0.29) is 19.4 Å². The van der Waals surface area contributed by atoms with E-state index >= 15 is 0 Å². The van der Waals surface area contributed by atoms with E-state index in [1.165, 1.54) is 0 Å². The molecule has 3 N–H and O–H groups in total. The maximum Gasteiger partial charge on any atom is 0.408 e. The summed E-state index contributed by atoms with van der Waals surface area (Å²) in [6.07, 6.45) is -0.573. The third kappa shape index (κ3) is 7.94. The van der Waals surface area contributed by atoms with Crippen molar-refractivity contribution in [3.05, 3.63) is 107 Å². The monoisotopic (exact) mass is 480 g/mol. The van der Waals surface area contributed by atoms with Crippen LogP contribution >= 0.6 is 11.6 Å². The molecule has 176 valence electrons. The molecule has 0 aliphatic rings. The predicted molar refractivity (Wildman–Crippen MR) is 128 cm³/mol. The van der Waals surface area contributed by atoms with Gasteiger partial charge in [0, 0.05) is 17.9 Å².